The van der Waals surface area contributed by atoms with E-state index in [-0.39, 0.29) is 33.2 Å². The number of aliphatic hydroxyl groups is 1. The SMILES string of the molecule is CC1(C)C(=O)C=C[C@]2(C)[C@H]3CCC4(O)C(=O)CC[C@@]4(C)[C@]3(C)CC[C@@H]12. The van der Waals surface area contributed by atoms with Gasteiger partial charge in [-0.1, -0.05) is 40.7 Å². The highest BCUT2D eigenvalue weighted by Crippen LogP contribution is 2.73. The second kappa shape index (κ2) is 4.65. The van der Waals surface area contributed by atoms with E-state index in [1.165, 1.54) is 0 Å². The largest absolute Gasteiger partial charge is 0.381 e. The minimum Gasteiger partial charge on any atom is -0.381 e. The smallest absolute Gasteiger partial charge is 0.164 e. The zero-order valence-corrected chi connectivity index (χ0v) is 16.3. The molecule has 3 heteroatoms. The van der Waals surface area contributed by atoms with E-state index in [1.54, 1.807) is 0 Å². The first-order chi connectivity index (χ1) is 11.4. The molecule has 0 radical (unpaired) electrons. The van der Waals surface area contributed by atoms with Gasteiger partial charge in [0.1, 0.15) is 5.60 Å². The maximum absolute atomic E-state index is 12.6. The van der Waals surface area contributed by atoms with E-state index in [0.29, 0.717) is 24.7 Å². The summed E-state index contributed by atoms with van der Waals surface area (Å²) in [5, 5.41) is 11.3. The Morgan fingerprint density at radius 1 is 0.960 bits per heavy atom. The Hall–Kier alpha value is -0.960. The van der Waals surface area contributed by atoms with Crippen LogP contribution in [0.2, 0.25) is 0 Å². The lowest BCUT2D eigenvalue weighted by Gasteiger charge is -2.68. The molecule has 0 aromatic carbocycles. The third-order valence-electron chi connectivity index (χ3n) is 9.60. The van der Waals surface area contributed by atoms with Crippen LogP contribution >= 0.6 is 0 Å². The summed E-state index contributed by atoms with van der Waals surface area (Å²) in [5.74, 6) is 1.03. The Morgan fingerprint density at radius 3 is 2.28 bits per heavy atom. The van der Waals surface area contributed by atoms with Gasteiger partial charge in [-0.25, -0.2) is 0 Å². The first-order valence-corrected chi connectivity index (χ1v) is 9.93. The topological polar surface area (TPSA) is 54.4 Å². The van der Waals surface area contributed by atoms with Crippen LogP contribution < -0.4 is 0 Å². The van der Waals surface area contributed by atoms with E-state index in [1.807, 2.05) is 6.08 Å². The lowest BCUT2D eigenvalue weighted by atomic mass is 9.36. The molecule has 25 heavy (non-hydrogen) atoms. The van der Waals surface area contributed by atoms with Gasteiger partial charge in [-0.3, -0.25) is 9.59 Å². The summed E-state index contributed by atoms with van der Waals surface area (Å²) < 4.78 is 0. The lowest BCUT2D eigenvalue weighted by molar-refractivity contribution is -0.223. The standard InChI is InChI=1S/C22H32O3/c1-18(2)14-6-11-20(4)15(19(14,3)10-8-16(18)23)7-13-22(25)17(24)9-12-21(20,22)5/h8,10,14-15,25H,6-7,9,11-13H2,1-5H3/t14-,15+,19-,20+,21-,22?/m0/s1. The molecule has 138 valence electrons. The van der Waals surface area contributed by atoms with Gasteiger partial charge in [0.05, 0.1) is 0 Å². The molecular weight excluding hydrogens is 312 g/mol. The van der Waals surface area contributed by atoms with Crippen molar-refractivity contribution in [2.75, 3.05) is 0 Å². The van der Waals surface area contributed by atoms with E-state index < -0.39 is 5.60 Å². The third-order valence-corrected chi connectivity index (χ3v) is 9.60. The van der Waals surface area contributed by atoms with Crippen LogP contribution in [0.25, 0.3) is 0 Å². The molecule has 0 aliphatic heterocycles. The number of carbonyl (C=O) groups is 2. The molecule has 0 spiro atoms. The molecule has 3 nitrogen and oxygen atoms in total. The van der Waals surface area contributed by atoms with Crippen molar-refractivity contribution in [3.63, 3.8) is 0 Å². The fraction of sp³-hybridized carbons (Fsp3) is 0.818. The normalized spacial score (nSPS) is 54.0. The van der Waals surface area contributed by atoms with Crippen molar-refractivity contribution in [2.24, 2.45) is 33.5 Å². The number of allylic oxidation sites excluding steroid dienone is 2. The monoisotopic (exact) mass is 344 g/mol. The molecule has 3 fully saturated rings. The Morgan fingerprint density at radius 2 is 1.60 bits per heavy atom. The Balaban J connectivity index is 1.85. The zero-order valence-electron chi connectivity index (χ0n) is 16.3. The highest BCUT2D eigenvalue weighted by Gasteiger charge is 2.72. The summed E-state index contributed by atoms with van der Waals surface area (Å²) in [4.78, 5) is 25.1. The molecule has 0 bridgehead atoms. The van der Waals surface area contributed by atoms with Gasteiger partial charge < -0.3 is 5.11 Å². The maximum Gasteiger partial charge on any atom is 0.164 e. The minimum absolute atomic E-state index is 0.0413. The average molecular weight is 344 g/mol. The van der Waals surface area contributed by atoms with Crippen LogP contribution in [0.3, 0.4) is 0 Å². The number of carbonyl (C=O) groups excluding carboxylic acids is 2. The predicted octanol–water partition coefficient (Wildman–Crippen LogP) is 4.08. The molecule has 3 saturated carbocycles. The van der Waals surface area contributed by atoms with Crippen LogP contribution in [-0.2, 0) is 9.59 Å². The van der Waals surface area contributed by atoms with Gasteiger partial charge in [0.2, 0.25) is 0 Å². The van der Waals surface area contributed by atoms with Crippen LogP contribution in [0.15, 0.2) is 12.2 Å². The van der Waals surface area contributed by atoms with Gasteiger partial charge in [-0.05, 0) is 60.8 Å². The number of hydrogen-bond acceptors (Lipinski definition) is 3. The van der Waals surface area contributed by atoms with Crippen molar-refractivity contribution in [1.82, 2.24) is 0 Å². The van der Waals surface area contributed by atoms with Crippen molar-refractivity contribution in [1.29, 1.82) is 0 Å². The molecular formula is C22H32O3. The highest BCUT2D eigenvalue weighted by molar-refractivity contribution is 5.96. The van der Waals surface area contributed by atoms with Crippen LogP contribution in [0.1, 0.15) is 73.1 Å². The molecule has 4 aliphatic rings. The minimum atomic E-state index is -1.15. The maximum atomic E-state index is 12.6. The van der Waals surface area contributed by atoms with Crippen LogP contribution in [0.5, 0.6) is 0 Å². The predicted molar refractivity (Wildman–Crippen MR) is 96.9 cm³/mol. The Kier molecular flexibility index (Phi) is 3.25. The van der Waals surface area contributed by atoms with Gasteiger partial charge in [0, 0.05) is 17.3 Å². The summed E-state index contributed by atoms with van der Waals surface area (Å²) >= 11 is 0. The number of hydrogen-bond donors (Lipinski definition) is 1. The van der Waals surface area contributed by atoms with Gasteiger partial charge in [-0.15, -0.1) is 0 Å². The summed E-state index contributed by atoms with van der Waals surface area (Å²) in [7, 11) is 0. The summed E-state index contributed by atoms with van der Waals surface area (Å²) in [5.41, 5.74) is -1.94. The summed E-state index contributed by atoms with van der Waals surface area (Å²) in [6.07, 6.45) is 8.73. The van der Waals surface area contributed by atoms with Crippen molar-refractivity contribution in [3.05, 3.63) is 12.2 Å². The van der Waals surface area contributed by atoms with E-state index >= 15 is 0 Å². The van der Waals surface area contributed by atoms with E-state index in [2.05, 4.69) is 40.7 Å². The highest BCUT2D eigenvalue weighted by atomic mass is 16.3. The third kappa shape index (κ3) is 1.72. The van der Waals surface area contributed by atoms with Gasteiger partial charge in [-0.2, -0.15) is 0 Å². The molecule has 0 heterocycles. The zero-order chi connectivity index (χ0) is 18.5. The second-order valence-electron chi connectivity index (χ2n) is 10.5. The lowest BCUT2D eigenvalue weighted by Crippen LogP contribution is -2.67. The van der Waals surface area contributed by atoms with Crippen LogP contribution in [0, 0.1) is 33.5 Å². The first kappa shape index (κ1) is 17.5. The Labute approximate surface area is 151 Å². The number of rotatable bonds is 0. The van der Waals surface area contributed by atoms with Crippen molar-refractivity contribution in [2.45, 2.75) is 78.7 Å². The fourth-order valence-corrected chi connectivity index (χ4v) is 7.77. The molecule has 6 atom stereocenters. The fourth-order valence-electron chi connectivity index (χ4n) is 7.77. The molecule has 0 aromatic rings. The van der Waals surface area contributed by atoms with Crippen molar-refractivity contribution < 1.29 is 14.7 Å². The quantitative estimate of drug-likeness (QED) is 0.720. The van der Waals surface area contributed by atoms with E-state index in [0.717, 1.165) is 25.7 Å². The van der Waals surface area contributed by atoms with E-state index in [9.17, 15) is 14.7 Å². The van der Waals surface area contributed by atoms with Crippen molar-refractivity contribution in [3.8, 4) is 0 Å². The van der Waals surface area contributed by atoms with Crippen LogP contribution in [0.4, 0.5) is 0 Å². The Bertz CT molecular complexity index is 691. The van der Waals surface area contributed by atoms with E-state index in [4.69, 9.17) is 0 Å². The van der Waals surface area contributed by atoms with Gasteiger partial charge in [0.25, 0.3) is 0 Å². The number of ketones is 2. The molecule has 1 N–H and O–H groups in total. The first-order valence-electron chi connectivity index (χ1n) is 9.93. The second-order valence-corrected chi connectivity index (χ2v) is 10.5. The van der Waals surface area contributed by atoms with Gasteiger partial charge in [0.15, 0.2) is 11.6 Å². The molecule has 4 rings (SSSR count). The number of Topliss-reactive ketones (excluding diaryl/α,β-unsaturated/α-hetero) is 1. The van der Waals surface area contributed by atoms with Crippen LogP contribution in [-0.4, -0.2) is 22.3 Å². The van der Waals surface area contributed by atoms with Crippen molar-refractivity contribution >= 4 is 11.6 Å². The molecule has 1 unspecified atom stereocenters. The molecule has 0 amide bonds. The molecule has 0 saturated heterocycles. The molecule has 4 aliphatic carbocycles. The average Bonchev–Trinajstić information content (AvgIpc) is 2.77. The number of fused-ring (bicyclic) bond motifs is 5. The summed E-state index contributed by atoms with van der Waals surface area (Å²) in [6.45, 7) is 11.0. The molecule has 0 aromatic heterocycles. The summed E-state index contributed by atoms with van der Waals surface area (Å²) in [6, 6.07) is 0. The van der Waals surface area contributed by atoms with Gasteiger partial charge >= 0.3 is 0 Å².